The average Bonchev–Trinajstić information content (AvgIpc) is 2.86. The SMILES string of the molecule is CC1(C)S[C@H]([C@@H](NC(=O)COc2ccccc2)C(=O)O)N[C@@H]1C(=O)O. The molecule has 0 radical (unpaired) electrons. The van der Waals surface area contributed by atoms with Crippen molar-refractivity contribution in [1.29, 1.82) is 0 Å². The van der Waals surface area contributed by atoms with Crippen molar-refractivity contribution in [3.05, 3.63) is 30.3 Å². The van der Waals surface area contributed by atoms with Gasteiger partial charge in [-0.25, -0.2) is 4.79 Å². The number of carboxylic acids is 2. The zero-order valence-corrected chi connectivity index (χ0v) is 14.6. The second-order valence-corrected chi connectivity index (χ2v) is 7.86. The van der Waals surface area contributed by atoms with E-state index < -0.39 is 40.1 Å². The van der Waals surface area contributed by atoms with Crippen LogP contribution < -0.4 is 15.4 Å². The minimum atomic E-state index is -1.28. The van der Waals surface area contributed by atoms with Crippen LogP contribution in [0, 0.1) is 0 Å². The number of rotatable bonds is 7. The van der Waals surface area contributed by atoms with Crippen LogP contribution in [-0.4, -0.2) is 56.9 Å². The molecule has 1 aliphatic rings. The van der Waals surface area contributed by atoms with Gasteiger partial charge in [0, 0.05) is 4.75 Å². The molecule has 1 aliphatic heterocycles. The Balaban J connectivity index is 1.98. The van der Waals surface area contributed by atoms with Crippen LogP contribution in [0.1, 0.15) is 13.8 Å². The van der Waals surface area contributed by atoms with Crippen LogP contribution in [0.15, 0.2) is 30.3 Å². The Hall–Kier alpha value is -2.26. The van der Waals surface area contributed by atoms with Crippen molar-refractivity contribution in [3.63, 3.8) is 0 Å². The molecule has 1 saturated heterocycles. The normalized spacial score (nSPS) is 22.8. The van der Waals surface area contributed by atoms with Crippen LogP contribution in [0.4, 0.5) is 0 Å². The molecule has 1 fully saturated rings. The minimum absolute atomic E-state index is 0.336. The van der Waals surface area contributed by atoms with Crippen LogP contribution in [0.25, 0.3) is 0 Å². The number of nitrogens with one attached hydrogen (secondary N) is 2. The van der Waals surface area contributed by atoms with E-state index in [0.717, 1.165) is 0 Å². The first kappa shape index (κ1) is 19.1. The summed E-state index contributed by atoms with van der Waals surface area (Å²) in [4.78, 5) is 34.8. The summed E-state index contributed by atoms with van der Waals surface area (Å²) in [5.41, 5.74) is 0. The number of hydrogen-bond donors (Lipinski definition) is 4. The van der Waals surface area contributed by atoms with Gasteiger partial charge in [-0.3, -0.25) is 14.9 Å². The quantitative estimate of drug-likeness (QED) is 0.549. The molecule has 1 heterocycles. The summed E-state index contributed by atoms with van der Waals surface area (Å²) in [6.45, 7) is 3.09. The molecule has 0 aromatic heterocycles. The maximum absolute atomic E-state index is 12.0. The first-order valence-electron chi connectivity index (χ1n) is 7.57. The molecule has 136 valence electrons. The van der Waals surface area contributed by atoms with Crippen LogP contribution in [-0.2, 0) is 14.4 Å². The lowest BCUT2D eigenvalue weighted by atomic mass is 10.0. The van der Waals surface area contributed by atoms with Crippen molar-refractivity contribution in [2.45, 2.75) is 36.1 Å². The van der Waals surface area contributed by atoms with Gasteiger partial charge in [-0.2, -0.15) is 0 Å². The van der Waals surface area contributed by atoms with Crippen molar-refractivity contribution in [2.75, 3.05) is 6.61 Å². The summed E-state index contributed by atoms with van der Waals surface area (Å²) >= 11 is 1.17. The van der Waals surface area contributed by atoms with E-state index in [1.807, 2.05) is 0 Å². The first-order valence-corrected chi connectivity index (χ1v) is 8.45. The summed E-state index contributed by atoms with van der Waals surface area (Å²) in [6, 6.07) is 6.47. The Kier molecular flexibility index (Phi) is 5.91. The highest BCUT2D eigenvalue weighted by Gasteiger charge is 2.49. The van der Waals surface area contributed by atoms with E-state index in [-0.39, 0.29) is 6.61 Å². The second kappa shape index (κ2) is 7.75. The molecule has 8 nitrogen and oxygen atoms in total. The lowest BCUT2D eigenvalue weighted by molar-refractivity contribution is -0.143. The van der Waals surface area contributed by atoms with Crippen molar-refractivity contribution in [3.8, 4) is 5.75 Å². The summed E-state index contributed by atoms with van der Waals surface area (Å²) < 4.78 is 4.57. The zero-order valence-electron chi connectivity index (χ0n) is 13.8. The van der Waals surface area contributed by atoms with E-state index in [1.165, 1.54) is 11.8 Å². The number of carbonyl (C=O) groups excluding carboxylic acids is 1. The van der Waals surface area contributed by atoms with Gasteiger partial charge in [0.25, 0.3) is 5.91 Å². The summed E-state index contributed by atoms with van der Waals surface area (Å²) in [5.74, 6) is -2.43. The number of amides is 1. The molecule has 0 bridgehead atoms. The fraction of sp³-hybridized carbons (Fsp3) is 0.438. The molecular formula is C16H20N2O6S. The Bertz CT molecular complexity index is 651. The monoisotopic (exact) mass is 368 g/mol. The van der Waals surface area contributed by atoms with Gasteiger partial charge in [-0.05, 0) is 26.0 Å². The maximum Gasteiger partial charge on any atom is 0.328 e. The molecule has 1 aromatic carbocycles. The van der Waals surface area contributed by atoms with Crippen molar-refractivity contribution < 1.29 is 29.3 Å². The Morgan fingerprint density at radius 3 is 2.44 bits per heavy atom. The maximum atomic E-state index is 12.0. The van der Waals surface area contributed by atoms with Crippen molar-refractivity contribution in [2.24, 2.45) is 0 Å². The number of aliphatic carboxylic acids is 2. The minimum Gasteiger partial charge on any atom is -0.484 e. The molecule has 1 amide bonds. The average molecular weight is 368 g/mol. The van der Waals surface area contributed by atoms with E-state index in [0.29, 0.717) is 5.75 Å². The van der Waals surface area contributed by atoms with Crippen molar-refractivity contribution in [1.82, 2.24) is 10.6 Å². The third kappa shape index (κ3) is 4.86. The molecular weight excluding hydrogens is 348 g/mol. The molecule has 2 rings (SSSR count). The van der Waals surface area contributed by atoms with Gasteiger partial charge in [0.2, 0.25) is 0 Å². The number of benzene rings is 1. The smallest absolute Gasteiger partial charge is 0.328 e. The lowest BCUT2D eigenvalue weighted by Crippen LogP contribution is -2.54. The van der Waals surface area contributed by atoms with E-state index in [9.17, 15) is 24.6 Å². The molecule has 0 unspecified atom stereocenters. The van der Waals surface area contributed by atoms with Gasteiger partial charge in [-0.1, -0.05) is 18.2 Å². The molecule has 1 aromatic rings. The first-order chi connectivity index (χ1) is 11.7. The molecule has 25 heavy (non-hydrogen) atoms. The summed E-state index contributed by atoms with van der Waals surface area (Å²) in [6.07, 6.45) is 0. The number of para-hydroxylation sites is 1. The highest BCUT2D eigenvalue weighted by molar-refractivity contribution is 8.01. The Morgan fingerprint density at radius 1 is 1.28 bits per heavy atom. The third-order valence-electron chi connectivity index (χ3n) is 3.70. The van der Waals surface area contributed by atoms with Crippen LogP contribution in [0.2, 0.25) is 0 Å². The van der Waals surface area contributed by atoms with E-state index >= 15 is 0 Å². The molecule has 0 spiro atoms. The van der Waals surface area contributed by atoms with Crippen molar-refractivity contribution >= 4 is 29.6 Å². The molecule has 9 heteroatoms. The van der Waals surface area contributed by atoms with Crippen LogP contribution in [0.5, 0.6) is 5.75 Å². The number of carbonyl (C=O) groups is 3. The van der Waals surface area contributed by atoms with E-state index in [2.05, 4.69) is 10.6 Å². The molecule has 3 atom stereocenters. The van der Waals surface area contributed by atoms with E-state index in [1.54, 1.807) is 44.2 Å². The number of carboxylic acid groups (broad SMARTS) is 2. The fourth-order valence-electron chi connectivity index (χ4n) is 2.47. The highest BCUT2D eigenvalue weighted by atomic mass is 32.2. The topological polar surface area (TPSA) is 125 Å². The molecule has 0 aliphatic carbocycles. The van der Waals surface area contributed by atoms with Gasteiger partial charge in [-0.15, -0.1) is 11.8 Å². The van der Waals surface area contributed by atoms with Gasteiger partial charge < -0.3 is 20.3 Å². The predicted octanol–water partition coefficient (Wildman–Crippen LogP) is 0.529. The number of ether oxygens (including phenoxy) is 1. The van der Waals surface area contributed by atoms with Gasteiger partial charge >= 0.3 is 11.9 Å². The second-order valence-electron chi connectivity index (χ2n) is 6.06. The largest absolute Gasteiger partial charge is 0.484 e. The lowest BCUT2D eigenvalue weighted by Gasteiger charge is -2.22. The molecule has 4 N–H and O–H groups in total. The van der Waals surface area contributed by atoms with Gasteiger partial charge in [0.15, 0.2) is 12.6 Å². The Labute approximate surface area is 148 Å². The summed E-state index contributed by atoms with van der Waals surface area (Å²) in [7, 11) is 0. The third-order valence-corrected chi connectivity index (χ3v) is 5.21. The number of thioether (sulfide) groups is 1. The van der Waals surface area contributed by atoms with E-state index in [4.69, 9.17) is 4.74 Å². The number of hydrogen-bond acceptors (Lipinski definition) is 6. The Morgan fingerprint density at radius 2 is 1.92 bits per heavy atom. The van der Waals surface area contributed by atoms with Gasteiger partial charge in [0.1, 0.15) is 11.8 Å². The van der Waals surface area contributed by atoms with Crippen LogP contribution in [0.3, 0.4) is 0 Å². The predicted molar refractivity (Wildman–Crippen MR) is 91.5 cm³/mol. The summed E-state index contributed by atoms with van der Waals surface area (Å²) in [5, 5.41) is 23.0. The van der Waals surface area contributed by atoms with Crippen LogP contribution >= 0.6 is 11.8 Å². The molecule has 0 saturated carbocycles. The van der Waals surface area contributed by atoms with Gasteiger partial charge in [0.05, 0.1) is 5.37 Å². The fourth-order valence-corrected chi connectivity index (χ4v) is 3.96. The zero-order chi connectivity index (χ0) is 18.6. The highest BCUT2D eigenvalue weighted by Crippen LogP contribution is 2.39. The standard InChI is InChI=1S/C16H20N2O6S/c1-16(2)12(15(22)23)18-13(25-16)11(14(20)21)17-10(19)8-24-9-6-4-3-5-7-9/h3-7,11-13,18H,8H2,1-2H3,(H,17,19)(H,20,21)(H,22,23)/t11-,12-,13-/m1/s1.